The zero-order valence-electron chi connectivity index (χ0n) is 9.70. The molecule has 17 heavy (non-hydrogen) atoms. The maximum atomic E-state index is 9.37. The Morgan fingerprint density at radius 3 is 2.94 bits per heavy atom. The average molecular weight is 319 g/mol. The zero-order valence-corrected chi connectivity index (χ0v) is 12.0. The van der Waals surface area contributed by atoms with Gasteiger partial charge in [-0.15, -0.1) is 0 Å². The third-order valence-electron chi connectivity index (χ3n) is 3.35. The van der Waals surface area contributed by atoms with Crippen molar-refractivity contribution in [1.29, 1.82) is 0 Å². The van der Waals surface area contributed by atoms with Gasteiger partial charge >= 0.3 is 0 Å². The van der Waals surface area contributed by atoms with E-state index in [0.29, 0.717) is 6.04 Å². The van der Waals surface area contributed by atoms with Gasteiger partial charge in [-0.2, -0.15) is 0 Å². The van der Waals surface area contributed by atoms with Crippen LogP contribution in [0.2, 0.25) is 5.02 Å². The second-order valence-electron chi connectivity index (χ2n) is 4.54. The molecule has 1 aliphatic rings. The second-order valence-corrected chi connectivity index (χ2v) is 5.86. The molecule has 1 aliphatic heterocycles. The number of aliphatic hydroxyl groups is 1. The highest BCUT2D eigenvalue weighted by Crippen LogP contribution is 2.25. The third-order valence-corrected chi connectivity index (χ3v) is 4.19. The Morgan fingerprint density at radius 1 is 1.41 bits per heavy atom. The fraction of sp³-hybridized carbons (Fsp3) is 0.538. The van der Waals surface area contributed by atoms with Gasteiger partial charge in [0.15, 0.2) is 0 Å². The number of aliphatic hydroxyl groups excluding tert-OH is 1. The summed E-state index contributed by atoms with van der Waals surface area (Å²) >= 11 is 9.63. The quantitative estimate of drug-likeness (QED) is 0.923. The van der Waals surface area contributed by atoms with Crippen LogP contribution < -0.4 is 0 Å². The molecule has 1 N–H and O–H groups in total. The first-order valence-electron chi connectivity index (χ1n) is 5.99. The van der Waals surface area contributed by atoms with Gasteiger partial charge in [0.1, 0.15) is 0 Å². The molecular weight excluding hydrogens is 302 g/mol. The van der Waals surface area contributed by atoms with Gasteiger partial charge in [0.2, 0.25) is 0 Å². The summed E-state index contributed by atoms with van der Waals surface area (Å²) in [5.74, 6) is 0. The molecule has 2 rings (SSSR count). The Morgan fingerprint density at radius 2 is 2.24 bits per heavy atom. The standard InChI is InChI=1S/C13H17BrClNO/c14-11-5-4-10(13(15)7-11)8-16-6-2-1-3-12(16)9-17/h4-5,7,12,17H,1-3,6,8-9H2. The summed E-state index contributed by atoms with van der Waals surface area (Å²) in [6, 6.07) is 6.28. The Balaban J connectivity index is 2.08. The van der Waals surface area contributed by atoms with Gasteiger partial charge in [-0.1, -0.05) is 40.0 Å². The van der Waals surface area contributed by atoms with Crippen LogP contribution in [0, 0.1) is 0 Å². The Kier molecular flexibility index (Phi) is 4.86. The molecule has 0 aromatic heterocycles. The van der Waals surface area contributed by atoms with E-state index in [0.717, 1.165) is 34.6 Å². The lowest BCUT2D eigenvalue weighted by atomic mass is 10.0. The number of hydrogen-bond donors (Lipinski definition) is 1. The van der Waals surface area contributed by atoms with Crippen LogP contribution in [0.1, 0.15) is 24.8 Å². The smallest absolute Gasteiger partial charge is 0.0586 e. The minimum Gasteiger partial charge on any atom is -0.395 e. The molecule has 1 fully saturated rings. The highest BCUT2D eigenvalue weighted by molar-refractivity contribution is 9.10. The molecule has 0 bridgehead atoms. The number of halogens is 2. The summed E-state index contributed by atoms with van der Waals surface area (Å²) in [7, 11) is 0. The van der Waals surface area contributed by atoms with E-state index < -0.39 is 0 Å². The molecular formula is C13H17BrClNO. The van der Waals surface area contributed by atoms with Crippen molar-refractivity contribution < 1.29 is 5.11 Å². The van der Waals surface area contributed by atoms with Gasteiger partial charge in [-0.25, -0.2) is 0 Å². The number of likely N-dealkylation sites (tertiary alicyclic amines) is 1. The van der Waals surface area contributed by atoms with Crippen LogP contribution in [0.3, 0.4) is 0 Å². The zero-order chi connectivity index (χ0) is 12.3. The van der Waals surface area contributed by atoms with Crippen molar-refractivity contribution in [2.24, 2.45) is 0 Å². The lowest BCUT2D eigenvalue weighted by Crippen LogP contribution is -2.41. The molecule has 4 heteroatoms. The minimum absolute atomic E-state index is 0.244. The highest BCUT2D eigenvalue weighted by Gasteiger charge is 2.22. The molecule has 0 amide bonds. The summed E-state index contributed by atoms with van der Waals surface area (Å²) in [5.41, 5.74) is 1.13. The van der Waals surface area contributed by atoms with E-state index in [9.17, 15) is 5.11 Å². The molecule has 94 valence electrons. The van der Waals surface area contributed by atoms with Crippen LogP contribution in [0.15, 0.2) is 22.7 Å². The number of benzene rings is 1. The summed E-state index contributed by atoms with van der Waals surface area (Å²) in [4.78, 5) is 2.33. The largest absolute Gasteiger partial charge is 0.395 e. The molecule has 0 radical (unpaired) electrons. The van der Waals surface area contributed by atoms with Crippen molar-refractivity contribution in [3.05, 3.63) is 33.3 Å². The summed E-state index contributed by atoms with van der Waals surface area (Å²) < 4.78 is 1.00. The molecule has 1 atom stereocenters. The molecule has 1 saturated heterocycles. The number of piperidine rings is 1. The average Bonchev–Trinajstić information content (AvgIpc) is 2.33. The molecule has 1 aromatic carbocycles. The Bertz CT molecular complexity index is 386. The van der Waals surface area contributed by atoms with E-state index in [1.165, 1.54) is 12.8 Å². The Labute approximate surface area is 116 Å². The van der Waals surface area contributed by atoms with Gasteiger partial charge in [-0.05, 0) is 37.1 Å². The molecule has 1 aromatic rings. The first-order valence-corrected chi connectivity index (χ1v) is 7.16. The molecule has 0 saturated carbocycles. The predicted molar refractivity (Wildman–Crippen MR) is 74.3 cm³/mol. The van der Waals surface area contributed by atoms with Gasteiger partial charge in [-0.3, -0.25) is 4.90 Å². The molecule has 1 heterocycles. The highest BCUT2D eigenvalue weighted by atomic mass is 79.9. The number of rotatable bonds is 3. The molecule has 2 nitrogen and oxygen atoms in total. The Hall–Kier alpha value is -0.0900. The minimum atomic E-state index is 0.244. The van der Waals surface area contributed by atoms with E-state index in [1.54, 1.807) is 0 Å². The number of hydrogen-bond acceptors (Lipinski definition) is 2. The lowest BCUT2D eigenvalue weighted by molar-refractivity contribution is 0.0841. The molecule has 0 aliphatic carbocycles. The normalized spacial score (nSPS) is 21.7. The summed E-state index contributed by atoms with van der Waals surface area (Å²) in [6.07, 6.45) is 3.52. The van der Waals surface area contributed by atoms with Gasteiger partial charge in [0.25, 0.3) is 0 Å². The fourth-order valence-corrected chi connectivity index (χ4v) is 3.08. The van der Waals surface area contributed by atoms with Crippen LogP contribution in [-0.4, -0.2) is 29.2 Å². The monoisotopic (exact) mass is 317 g/mol. The fourth-order valence-electron chi connectivity index (χ4n) is 2.34. The maximum Gasteiger partial charge on any atom is 0.0586 e. The summed E-state index contributed by atoms with van der Waals surface area (Å²) in [6.45, 7) is 2.13. The van der Waals surface area contributed by atoms with E-state index >= 15 is 0 Å². The molecule has 0 spiro atoms. The van der Waals surface area contributed by atoms with Crippen molar-refractivity contribution in [3.8, 4) is 0 Å². The topological polar surface area (TPSA) is 23.5 Å². The maximum absolute atomic E-state index is 9.37. The number of nitrogens with zero attached hydrogens (tertiary/aromatic N) is 1. The lowest BCUT2D eigenvalue weighted by Gasteiger charge is -2.34. The SMILES string of the molecule is OCC1CCCCN1Cc1ccc(Br)cc1Cl. The molecule has 1 unspecified atom stereocenters. The van der Waals surface area contributed by atoms with Crippen LogP contribution in [0.5, 0.6) is 0 Å². The van der Waals surface area contributed by atoms with Crippen LogP contribution in [0.25, 0.3) is 0 Å². The van der Waals surface area contributed by atoms with Crippen molar-refractivity contribution in [1.82, 2.24) is 4.90 Å². The first-order chi connectivity index (χ1) is 8.20. The van der Waals surface area contributed by atoms with Gasteiger partial charge in [0.05, 0.1) is 6.61 Å². The van der Waals surface area contributed by atoms with E-state index in [1.807, 2.05) is 12.1 Å². The van der Waals surface area contributed by atoms with Gasteiger partial charge in [0, 0.05) is 22.1 Å². The summed E-state index contributed by atoms with van der Waals surface area (Å²) in [5, 5.41) is 10.2. The van der Waals surface area contributed by atoms with Crippen molar-refractivity contribution in [2.75, 3.05) is 13.2 Å². The van der Waals surface area contributed by atoms with E-state index in [2.05, 4.69) is 26.9 Å². The van der Waals surface area contributed by atoms with Crippen LogP contribution in [-0.2, 0) is 6.54 Å². The van der Waals surface area contributed by atoms with Crippen LogP contribution >= 0.6 is 27.5 Å². The van der Waals surface area contributed by atoms with Crippen LogP contribution in [0.4, 0.5) is 0 Å². The predicted octanol–water partition coefficient (Wildman–Crippen LogP) is 3.45. The van der Waals surface area contributed by atoms with E-state index in [4.69, 9.17) is 11.6 Å². The second kappa shape index (κ2) is 6.19. The van der Waals surface area contributed by atoms with Crippen molar-refractivity contribution in [3.63, 3.8) is 0 Å². The van der Waals surface area contributed by atoms with Crippen molar-refractivity contribution >= 4 is 27.5 Å². The van der Waals surface area contributed by atoms with Gasteiger partial charge < -0.3 is 5.11 Å². The first kappa shape index (κ1) is 13.3. The van der Waals surface area contributed by atoms with E-state index in [-0.39, 0.29) is 6.61 Å². The van der Waals surface area contributed by atoms with Crippen molar-refractivity contribution in [2.45, 2.75) is 31.8 Å². The third kappa shape index (κ3) is 3.44.